The number of rotatable bonds is 5. The molecule has 2 N–H and O–H groups in total. The predicted molar refractivity (Wildman–Crippen MR) is 120 cm³/mol. The summed E-state index contributed by atoms with van der Waals surface area (Å²) >= 11 is 0. The van der Waals surface area contributed by atoms with Crippen molar-refractivity contribution in [2.75, 3.05) is 43.4 Å². The Morgan fingerprint density at radius 3 is 2.48 bits per heavy atom. The number of benzene rings is 2. The van der Waals surface area contributed by atoms with Crippen LogP contribution in [0.25, 0.3) is 0 Å². The molecule has 31 heavy (non-hydrogen) atoms. The fraction of sp³-hybridized carbons (Fsp3) is 0.417. The fourth-order valence-corrected chi connectivity index (χ4v) is 4.51. The standard InChI is InChI=1S/C24H29FN4O2/c1-28-12-4-5-17-15-18(6-11-21(17)28)22(29-13-2-3-14-29)16-26-23(30)24(31)27-20-9-7-19(25)8-10-20/h6-11,15,22H,2-5,12-14,16H2,1H3,(H,26,30)(H,27,31)/t22-/m0/s1. The van der Waals surface area contributed by atoms with E-state index < -0.39 is 17.6 Å². The molecule has 164 valence electrons. The minimum Gasteiger partial charge on any atom is -0.374 e. The summed E-state index contributed by atoms with van der Waals surface area (Å²) < 4.78 is 13.0. The van der Waals surface area contributed by atoms with Gasteiger partial charge in [0.05, 0.1) is 6.04 Å². The molecule has 0 aromatic heterocycles. The van der Waals surface area contributed by atoms with Crippen LogP contribution in [0.5, 0.6) is 0 Å². The van der Waals surface area contributed by atoms with Crippen molar-refractivity contribution in [3.8, 4) is 0 Å². The number of likely N-dealkylation sites (tertiary alicyclic amines) is 1. The number of nitrogens with zero attached hydrogens (tertiary/aromatic N) is 2. The molecule has 0 aliphatic carbocycles. The molecule has 0 unspecified atom stereocenters. The summed E-state index contributed by atoms with van der Waals surface area (Å²) in [6, 6.07) is 12.0. The second-order valence-electron chi connectivity index (χ2n) is 8.34. The third kappa shape index (κ3) is 5.05. The second-order valence-corrected chi connectivity index (χ2v) is 8.34. The number of carbonyl (C=O) groups is 2. The Morgan fingerprint density at radius 2 is 1.74 bits per heavy atom. The number of hydrogen-bond donors (Lipinski definition) is 2. The number of carbonyl (C=O) groups excluding carboxylic acids is 2. The first-order valence-corrected chi connectivity index (χ1v) is 10.9. The summed E-state index contributed by atoms with van der Waals surface area (Å²) in [5.41, 5.74) is 4.18. The smallest absolute Gasteiger partial charge is 0.313 e. The van der Waals surface area contributed by atoms with E-state index in [4.69, 9.17) is 0 Å². The van der Waals surface area contributed by atoms with Crippen LogP contribution in [0.4, 0.5) is 15.8 Å². The molecule has 0 spiro atoms. The molecule has 6 nitrogen and oxygen atoms in total. The van der Waals surface area contributed by atoms with E-state index in [1.54, 1.807) is 0 Å². The summed E-state index contributed by atoms with van der Waals surface area (Å²) in [7, 11) is 2.12. The number of halogens is 1. The van der Waals surface area contributed by atoms with Gasteiger partial charge in [0.25, 0.3) is 0 Å². The molecule has 0 bridgehead atoms. The van der Waals surface area contributed by atoms with Gasteiger partial charge in [0.15, 0.2) is 0 Å². The zero-order valence-electron chi connectivity index (χ0n) is 17.9. The Bertz CT molecular complexity index is 941. The highest BCUT2D eigenvalue weighted by atomic mass is 19.1. The maximum atomic E-state index is 13.0. The molecular weight excluding hydrogens is 395 g/mol. The van der Waals surface area contributed by atoms with E-state index in [0.29, 0.717) is 12.2 Å². The van der Waals surface area contributed by atoms with Crippen molar-refractivity contribution in [3.05, 3.63) is 59.4 Å². The molecule has 7 heteroatoms. The largest absolute Gasteiger partial charge is 0.374 e. The zero-order chi connectivity index (χ0) is 21.8. The summed E-state index contributed by atoms with van der Waals surface area (Å²) in [6.45, 7) is 3.41. The lowest BCUT2D eigenvalue weighted by atomic mass is 9.96. The van der Waals surface area contributed by atoms with Crippen molar-refractivity contribution in [2.24, 2.45) is 0 Å². The molecular formula is C24H29FN4O2. The number of nitrogens with one attached hydrogen (secondary N) is 2. The molecule has 1 saturated heterocycles. The minimum atomic E-state index is -0.751. The molecule has 1 fully saturated rings. The summed E-state index contributed by atoms with van der Waals surface area (Å²) in [5, 5.41) is 5.31. The number of anilines is 2. The van der Waals surface area contributed by atoms with E-state index in [-0.39, 0.29) is 6.04 Å². The van der Waals surface area contributed by atoms with Gasteiger partial charge in [-0.2, -0.15) is 0 Å². The number of aryl methyl sites for hydroxylation is 1. The second kappa shape index (κ2) is 9.47. The Labute approximate surface area is 182 Å². The average molecular weight is 425 g/mol. The van der Waals surface area contributed by atoms with Crippen LogP contribution in [0.15, 0.2) is 42.5 Å². The van der Waals surface area contributed by atoms with Gasteiger partial charge >= 0.3 is 11.8 Å². The first-order chi connectivity index (χ1) is 15.0. The SMILES string of the molecule is CN1CCCc2cc([C@H](CNC(=O)C(=O)Nc3ccc(F)cc3)N3CCCC3)ccc21. The number of fused-ring (bicyclic) bond motifs is 1. The van der Waals surface area contributed by atoms with Crippen molar-refractivity contribution in [1.82, 2.24) is 10.2 Å². The van der Waals surface area contributed by atoms with Gasteiger partial charge < -0.3 is 15.5 Å². The summed E-state index contributed by atoms with van der Waals surface area (Å²) in [4.78, 5) is 29.3. The number of hydrogen-bond acceptors (Lipinski definition) is 4. The van der Waals surface area contributed by atoms with Crippen LogP contribution in [0.1, 0.15) is 36.4 Å². The van der Waals surface area contributed by atoms with Gasteiger partial charge in [0.1, 0.15) is 5.82 Å². The van der Waals surface area contributed by atoms with E-state index in [1.165, 1.54) is 41.1 Å². The van der Waals surface area contributed by atoms with Crippen LogP contribution in [-0.4, -0.2) is 49.9 Å². The Balaban J connectivity index is 1.44. The van der Waals surface area contributed by atoms with Crippen LogP contribution >= 0.6 is 0 Å². The molecule has 0 saturated carbocycles. The zero-order valence-corrected chi connectivity index (χ0v) is 17.9. The minimum absolute atomic E-state index is 0.0302. The molecule has 2 heterocycles. The quantitative estimate of drug-likeness (QED) is 0.724. The van der Waals surface area contributed by atoms with Crippen molar-refractivity contribution < 1.29 is 14.0 Å². The Kier molecular flexibility index (Phi) is 6.51. The molecule has 1 atom stereocenters. The monoisotopic (exact) mass is 424 g/mol. The van der Waals surface area contributed by atoms with Crippen LogP contribution in [-0.2, 0) is 16.0 Å². The molecule has 2 aliphatic heterocycles. The van der Waals surface area contributed by atoms with E-state index in [9.17, 15) is 14.0 Å². The van der Waals surface area contributed by atoms with Gasteiger partial charge in [-0.3, -0.25) is 14.5 Å². The highest BCUT2D eigenvalue weighted by Crippen LogP contribution is 2.31. The molecule has 2 aromatic rings. The molecule has 2 aliphatic rings. The first kappa shape index (κ1) is 21.3. The lowest BCUT2D eigenvalue weighted by molar-refractivity contribution is -0.136. The van der Waals surface area contributed by atoms with Gasteiger partial charge in [0.2, 0.25) is 0 Å². The van der Waals surface area contributed by atoms with Crippen molar-refractivity contribution >= 4 is 23.2 Å². The maximum absolute atomic E-state index is 13.0. The highest BCUT2D eigenvalue weighted by molar-refractivity contribution is 6.39. The third-order valence-corrected chi connectivity index (χ3v) is 6.18. The van der Waals surface area contributed by atoms with Crippen molar-refractivity contribution in [2.45, 2.75) is 31.7 Å². The normalized spacial score (nSPS) is 17.2. The molecule has 2 aromatic carbocycles. The molecule has 0 radical (unpaired) electrons. The summed E-state index contributed by atoms with van der Waals surface area (Å²) in [5.74, 6) is -1.84. The van der Waals surface area contributed by atoms with Crippen molar-refractivity contribution in [3.63, 3.8) is 0 Å². The van der Waals surface area contributed by atoms with Gasteiger partial charge in [0, 0.05) is 31.5 Å². The van der Waals surface area contributed by atoms with E-state index >= 15 is 0 Å². The molecule has 4 rings (SSSR count). The first-order valence-electron chi connectivity index (χ1n) is 10.9. The summed E-state index contributed by atoms with van der Waals surface area (Å²) in [6.07, 6.45) is 4.49. The number of amides is 2. The highest BCUT2D eigenvalue weighted by Gasteiger charge is 2.26. The van der Waals surface area contributed by atoms with Gasteiger partial charge in [-0.25, -0.2) is 4.39 Å². The predicted octanol–water partition coefficient (Wildman–Crippen LogP) is 3.10. The van der Waals surface area contributed by atoms with Crippen LogP contribution in [0.2, 0.25) is 0 Å². The van der Waals surface area contributed by atoms with Crippen LogP contribution < -0.4 is 15.5 Å². The molecule has 2 amide bonds. The Morgan fingerprint density at radius 1 is 1.00 bits per heavy atom. The van der Waals surface area contributed by atoms with Crippen molar-refractivity contribution in [1.29, 1.82) is 0 Å². The lowest BCUT2D eigenvalue weighted by Gasteiger charge is -2.31. The van der Waals surface area contributed by atoms with E-state index in [1.807, 2.05) is 0 Å². The fourth-order valence-electron chi connectivity index (χ4n) is 4.51. The maximum Gasteiger partial charge on any atom is 0.313 e. The van der Waals surface area contributed by atoms with Gasteiger partial charge in [-0.15, -0.1) is 0 Å². The Hall–Kier alpha value is -2.93. The van der Waals surface area contributed by atoms with Gasteiger partial charge in [-0.1, -0.05) is 12.1 Å². The third-order valence-electron chi connectivity index (χ3n) is 6.18. The van der Waals surface area contributed by atoms with Crippen LogP contribution in [0.3, 0.4) is 0 Å². The lowest BCUT2D eigenvalue weighted by Crippen LogP contribution is -2.41. The topological polar surface area (TPSA) is 64.7 Å². The van der Waals surface area contributed by atoms with Crippen LogP contribution in [0, 0.1) is 5.82 Å². The van der Waals surface area contributed by atoms with E-state index in [2.05, 4.69) is 45.7 Å². The van der Waals surface area contributed by atoms with Gasteiger partial charge in [-0.05, 0) is 80.2 Å². The van der Waals surface area contributed by atoms with E-state index in [0.717, 1.165) is 45.3 Å². The average Bonchev–Trinajstić information content (AvgIpc) is 3.30.